The first-order valence-corrected chi connectivity index (χ1v) is 16.1. The van der Waals surface area contributed by atoms with E-state index in [0.29, 0.717) is 45.4 Å². The summed E-state index contributed by atoms with van der Waals surface area (Å²) in [4.78, 5) is 28.6. The molecular weight excluding hydrogens is 552 g/mol. The first-order chi connectivity index (χ1) is 21.5. The van der Waals surface area contributed by atoms with E-state index < -0.39 is 11.4 Å². The fraction of sp³-hybridized carbons (Fsp3) is 0.405. The van der Waals surface area contributed by atoms with E-state index >= 15 is 0 Å². The highest BCUT2D eigenvalue weighted by atomic mass is 16.5. The molecule has 1 N–H and O–H groups in total. The molecule has 4 aromatic rings. The molecule has 3 aromatic carbocycles. The Balaban J connectivity index is 1.31. The molecule has 3 heterocycles. The topological polar surface area (TPSA) is 81.0 Å². The summed E-state index contributed by atoms with van der Waals surface area (Å²) in [5.74, 6) is 0.546. The van der Waals surface area contributed by atoms with Crippen LogP contribution in [0.4, 0.5) is 0 Å². The zero-order valence-electron chi connectivity index (χ0n) is 25.0. The largest absolute Gasteiger partial charge is 0.489 e. The summed E-state index contributed by atoms with van der Waals surface area (Å²) in [6.45, 7) is 3.36. The number of nitrogens with zero attached hydrogens (tertiary/aromatic N) is 2. The number of morpholine rings is 1. The number of hydrogen-bond donors (Lipinski definition) is 1. The maximum absolute atomic E-state index is 14.4. The van der Waals surface area contributed by atoms with E-state index in [1.807, 2.05) is 35.2 Å². The van der Waals surface area contributed by atoms with Gasteiger partial charge in [-0.3, -0.25) is 4.79 Å². The monoisotopic (exact) mass is 590 g/mol. The van der Waals surface area contributed by atoms with Gasteiger partial charge in [0.2, 0.25) is 5.91 Å². The number of benzene rings is 3. The van der Waals surface area contributed by atoms with E-state index in [0.717, 1.165) is 47.0 Å². The Morgan fingerprint density at radius 1 is 0.955 bits per heavy atom. The zero-order valence-corrected chi connectivity index (χ0v) is 25.0. The Morgan fingerprint density at radius 2 is 1.75 bits per heavy atom. The van der Waals surface area contributed by atoms with Gasteiger partial charge in [-0.25, -0.2) is 4.79 Å². The normalized spacial score (nSPS) is 22.9. The highest BCUT2D eigenvalue weighted by Gasteiger charge is 2.64. The van der Waals surface area contributed by atoms with Gasteiger partial charge in [-0.2, -0.15) is 0 Å². The zero-order chi connectivity index (χ0) is 29.8. The predicted molar refractivity (Wildman–Crippen MR) is 168 cm³/mol. The van der Waals surface area contributed by atoms with Crippen LogP contribution in [0.1, 0.15) is 77.4 Å². The molecule has 4 aliphatic rings. The molecule has 2 atom stereocenters. The van der Waals surface area contributed by atoms with Gasteiger partial charge in [-0.15, -0.1) is 0 Å². The van der Waals surface area contributed by atoms with Gasteiger partial charge >= 0.3 is 5.97 Å². The summed E-state index contributed by atoms with van der Waals surface area (Å²) in [7, 11) is 0. The van der Waals surface area contributed by atoms with Crippen LogP contribution < -0.4 is 4.74 Å². The average Bonchev–Trinajstić information content (AvgIpc) is 3.74. The number of aromatic nitrogens is 1. The van der Waals surface area contributed by atoms with Crippen LogP contribution in [-0.2, 0) is 22.7 Å². The molecule has 0 radical (unpaired) electrons. The van der Waals surface area contributed by atoms with Gasteiger partial charge in [0.1, 0.15) is 12.4 Å². The Labute approximate surface area is 257 Å². The molecule has 1 aromatic heterocycles. The molecule has 8 rings (SSSR count). The van der Waals surface area contributed by atoms with Crippen molar-refractivity contribution in [3.05, 3.63) is 89.0 Å². The van der Waals surface area contributed by atoms with Crippen molar-refractivity contribution in [2.45, 2.75) is 63.5 Å². The Kier molecular flexibility index (Phi) is 6.74. The lowest BCUT2D eigenvalue weighted by atomic mass is 9.81. The van der Waals surface area contributed by atoms with Gasteiger partial charge < -0.3 is 24.0 Å². The number of carbonyl (C=O) groups excluding carboxylic acids is 1. The molecule has 44 heavy (non-hydrogen) atoms. The third-order valence-electron chi connectivity index (χ3n) is 10.5. The molecule has 2 unspecified atom stereocenters. The Hall–Kier alpha value is -4.10. The summed E-state index contributed by atoms with van der Waals surface area (Å²) in [5, 5.41) is 11.1. The molecule has 1 amide bonds. The first kappa shape index (κ1) is 27.4. The Morgan fingerprint density at radius 3 is 2.52 bits per heavy atom. The second-order valence-electron chi connectivity index (χ2n) is 13.1. The van der Waals surface area contributed by atoms with Crippen molar-refractivity contribution in [1.29, 1.82) is 0 Å². The van der Waals surface area contributed by atoms with Gasteiger partial charge in [0.25, 0.3) is 0 Å². The van der Waals surface area contributed by atoms with Crippen molar-refractivity contribution < 1.29 is 24.2 Å². The van der Waals surface area contributed by atoms with Crippen molar-refractivity contribution in [1.82, 2.24) is 9.47 Å². The number of carbonyl (C=O) groups is 2. The molecule has 0 bridgehead atoms. The highest BCUT2D eigenvalue weighted by Crippen LogP contribution is 2.66. The van der Waals surface area contributed by atoms with E-state index in [4.69, 9.17) is 9.47 Å². The van der Waals surface area contributed by atoms with Crippen molar-refractivity contribution in [3.8, 4) is 17.0 Å². The van der Waals surface area contributed by atoms with Crippen LogP contribution in [-0.4, -0.2) is 52.8 Å². The second-order valence-corrected chi connectivity index (χ2v) is 13.1. The number of ether oxygens (including phenoxy) is 2. The molecule has 7 heteroatoms. The fourth-order valence-corrected chi connectivity index (χ4v) is 8.20. The number of amides is 1. The number of rotatable bonds is 6. The summed E-state index contributed by atoms with van der Waals surface area (Å²) in [6, 6.07) is 22.2. The minimum Gasteiger partial charge on any atom is -0.489 e. The SMILES string of the molecule is O=C(O)c1ccc2c(C3CCCCC3)c3n(c2c1)CC1(C(=O)N2CCOCC2)CC1c1cc(OCc2ccccc2)ccc1-3. The van der Waals surface area contributed by atoms with E-state index in [1.165, 1.54) is 36.1 Å². The summed E-state index contributed by atoms with van der Waals surface area (Å²) >= 11 is 0. The quantitative estimate of drug-likeness (QED) is 0.262. The molecule has 2 aliphatic heterocycles. The van der Waals surface area contributed by atoms with Crippen LogP contribution in [0.3, 0.4) is 0 Å². The number of fused-ring (bicyclic) bond motifs is 7. The van der Waals surface area contributed by atoms with Crippen LogP contribution in [0.15, 0.2) is 66.7 Å². The maximum Gasteiger partial charge on any atom is 0.335 e. The summed E-state index contributed by atoms with van der Waals surface area (Å²) < 4.78 is 14.2. The minimum atomic E-state index is -0.931. The van der Waals surface area contributed by atoms with Crippen LogP contribution in [0, 0.1) is 5.41 Å². The molecular formula is C37H38N2O5. The Bertz CT molecular complexity index is 1750. The van der Waals surface area contributed by atoms with Crippen LogP contribution in [0.5, 0.6) is 5.75 Å². The number of carboxylic acids is 1. The molecule has 2 aliphatic carbocycles. The molecule has 1 saturated heterocycles. The average molecular weight is 591 g/mol. The number of carboxylic acid groups (broad SMARTS) is 1. The number of hydrogen-bond acceptors (Lipinski definition) is 4. The lowest BCUT2D eigenvalue weighted by molar-refractivity contribution is -0.141. The molecule has 0 spiro atoms. The minimum absolute atomic E-state index is 0.0740. The molecule has 226 valence electrons. The van der Waals surface area contributed by atoms with Gasteiger partial charge in [-0.1, -0.05) is 55.7 Å². The predicted octanol–water partition coefficient (Wildman–Crippen LogP) is 6.98. The van der Waals surface area contributed by atoms with Crippen molar-refractivity contribution in [3.63, 3.8) is 0 Å². The highest BCUT2D eigenvalue weighted by molar-refractivity contribution is 6.00. The van der Waals surface area contributed by atoms with Crippen molar-refractivity contribution in [2.24, 2.45) is 5.41 Å². The van der Waals surface area contributed by atoms with Crippen molar-refractivity contribution >= 4 is 22.8 Å². The first-order valence-electron chi connectivity index (χ1n) is 16.1. The molecule has 2 saturated carbocycles. The van der Waals surface area contributed by atoms with Crippen LogP contribution in [0.25, 0.3) is 22.2 Å². The lowest BCUT2D eigenvalue weighted by Crippen LogP contribution is -2.45. The van der Waals surface area contributed by atoms with Gasteiger partial charge in [-0.05, 0) is 72.2 Å². The van der Waals surface area contributed by atoms with E-state index in [2.05, 4.69) is 34.9 Å². The van der Waals surface area contributed by atoms with Crippen molar-refractivity contribution in [2.75, 3.05) is 26.3 Å². The second kappa shape index (κ2) is 10.8. The summed E-state index contributed by atoms with van der Waals surface area (Å²) in [6.07, 6.45) is 6.68. The maximum atomic E-state index is 14.4. The van der Waals surface area contributed by atoms with Crippen LogP contribution >= 0.6 is 0 Å². The smallest absolute Gasteiger partial charge is 0.335 e. The van der Waals surface area contributed by atoms with Gasteiger partial charge in [0.05, 0.1) is 29.9 Å². The lowest BCUT2D eigenvalue weighted by Gasteiger charge is -2.31. The third kappa shape index (κ3) is 4.52. The fourth-order valence-electron chi connectivity index (χ4n) is 8.20. The van der Waals surface area contributed by atoms with E-state index in [-0.39, 0.29) is 17.4 Å². The molecule has 7 nitrogen and oxygen atoms in total. The van der Waals surface area contributed by atoms with Gasteiger partial charge in [0, 0.05) is 42.0 Å². The summed E-state index contributed by atoms with van der Waals surface area (Å²) in [5.41, 5.74) is 6.57. The van der Waals surface area contributed by atoms with E-state index in [9.17, 15) is 14.7 Å². The standard InChI is InChI=1S/C37H38N2O5/c40-35(41)26-11-13-29-32(19-26)39-23-37(36(42)38-15-17-43-18-16-38)21-31(37)30-20-27(44-22-24-7-3-1-4-8-24)12-14-28(30)34(39)33(29)25-9-5-2-6-10-25/h1,3-4,7-8,11-14,19-20,25,31H,2,5-6,9-10,15-18,21-23H2,(H,40,41). The third-order valence-corrected chi connectivity index (χ3v) is 10.5. The molecule has 3 fully saturated rings. The van der Waals surface area contributed by atoms with Gasteiger partial charge in [0.15, 0.2) is 0 Å². The van der Waals surface area contributed by atoms with Crippen LogP contribution in [0.2, 0.25) is 0 Å². The number of aromatic carboxylic acids is 1. The van der Waals surface area contributed by atoms with E-state index in [1.54, 1.807) is 6.07 Å².